The van der Waals surface area contributed by atoms with E-state index in [9.17, 15) is 14.7 Å². The van der Waals surface area contributed by atoms with Crippen LogP contribution in [0.25, 0.3) is 0 Å². The van der Waals surface area contributed by atoms with E-state index < -0.39 is 29.4 Å². The van der Waals surface area contributed by atoms with Crippen molar-refractivity contribution in [1.29, 1.82) is 2.51 Å². The van der Waals surface area contributed by atoms with Gasteiger partial charge in [-0.2, -0.15) is 0 Å². The smallest absolute Gasteiger partial charge is 0.222 e. The Hall–Kier alpha value is -0.428. The summed E-state index contributed by atoms with van der Waals surface area (Å²) in [6.45, 7) is 4.52. The number of carbonyl (C=O) groups excluding carboxylic acids is 2. The topological polar surface area (TPSA) is 87.7 Å². The molecule has 0 saturated carbocycles. The minimum Gasteiger partial charge on any atom is -0.423 e. The van der Waals surface area contributed by atoms with E-state index in [4.69, 9.17) is 14.4 Å². The van der Waals surface area contributed by atoms with E-state index in [-0.39, 0.29) is 31.4 Å². The van der Waals surface area contributed by atoms with Crippen LogP contribution in [0.15, 0.2) is 0 Å². The van der Waals surface area contributed by atoms with E-state index in [2.05, 4.69) is 24.5 Å². The van der Waals surface area contributed by atoms with Gasteiger partial charge in [0.25, 0.3) is 0 Å². The summed E-state index contributed by atoms with van der Waals surface area (Å²) >= 11 is 0. The second-order valence-electron chi connectivity index (χ2n) is 10.1. The lowest BCUT2D eigenvalue weighted by Crippen LogP contribution is -2.47. The molecule has 0 aromatic heterocycles. The molecule has 36 heavy (non-hydrogen) atoms. The lowest BCUT2D eigenvalue weighted by Gasteiger charge is -2.21. The van der Waals surface area contributed by atoms with Crippen LogP contribution in [0, 0.1) is 0 Å². The van der Waals surface area contributed by atoms with Crippen LogP contribution in [0.1, 0.15) is 136 Å². The first-order valence-corrected chi connectivity index (χ1v) is 17.6. The molecule has 0 rings (SSSR count). The average molecular weight is 546 g/mol. The Morgan fingerprint density at radius 1 is 0.944 bits per heavy atom. The summed E-state index contributed by atoms with van der Waals surface area (Å²) in [6, 6.07) is -0.525. The maximum absolute atomic E-state index is 12.5. The molecular formula is C27H56BN2O4PSi. The number of carbonyl (C=O) groups is 2. The third kappa shape index (κ3) is 25.2. The Labute approximate surface area is 229 Å². The molecule has 0 spiro atoms. The molecule has 210 valence electrons. The van der Waals surface area contributed by atoms with Crippen molar-refractivity contribution in [1.82, 2.24) is 10.6 Å². The summed E-state index contributed by atoms with van der Waals surface area (Å²) < 4.78 is 20.8. The molecule has 9 heteroatoms. The monoisotopic (exact) mass is 545 g/mol. The third-order valence-electron chi connectivity index (χ3n) is 6.42. The van der Waals surface area contributed by atoms with Gasteiger partial charge in [-0.15, -0.1) is 8.73 Å². The molecule has 0 fully saturated rings. The van der Waals surface area contributed by atoms with E-state index in [1.165, 1.54) is 64.2 Å². The Morgan fingerprint density at radius 3 is 2.03 bits per heavy atom. The van der Waals surface area contributed by atoms with Crippen LogP contribution in [0.2, 0.25) is 0 Å². The molecule has 0 bridgehead atoms. The zero-order valence-corrected chi connectivity index (χ0v) is 25.3. The number of aliphatic hydroxyl groups is 1. The van der Waals surface area contributed by atoms with E-state index in [1.54, 1.807) is 0 Å². The molecule has 0 aliphatic heterocycles. The molecule has 0 aliphatic rings. The van der Waals surface area contributed by atoms with E-state index in [1.807, 2.05) is 0 Å². The van der Waals surface area contributed by atoms with Gasteiger partial charge in [0.05, 0.1) is 33.9 Å². The minimum atomic E-state index is -3.31. The molecule has 2 unspecified atom stereocenters. The molecule has 2 amide bonds. The molecule has 4 atom stereocenters. The predicted molar refractivity (Wildman–Crippen MR) is 159 cm³/mol. The molecule has 3 N–H and O–H groups in total. The van der Waals surface area contributed by atoms with E-state index >= 15 is 0 Å². The van der Waals surface area contributed by atoms with Crippen LogP contribution >= 0.6 is 8.73 Å². The Kier molecular flexibility index (Phi) is 23.1. The highest BCUT2D eigenvalue weighted by atomic mass is 31.3. The predicted octanol–water partition coefficient (Wildman–Crippen LogP) is 5.18. The molecule has 6 nitrogen and oxygen atoms in total. The van der Waals surface area contributed by atoms with Crippen LogP contribution in [0.5, 0.6) is 0 Å². The molecule has 0 heterocycles. The Morgan fingerprint density at radius 2 is 1.47 bits per heavy atom. The minimum absolute atomic E-state index is 0.0115. The maximum Gasteiger partial charge on any atom is 0.222 e. The number of unbranched alkanes of at least 4 members (excludes halogenated alkanes) is 14. The average Bonchev–Trinajstić information content (AvgIpc) is 2.88. The fraction of sp³-hybridized carbons (Fsp3) is 0.926. The van der Waals surface area contributed by atoms with E-state index in [0.717, 1.165) is 38.5 Å². The highest BCUT2D eigenvalue weighted by Crippen LogP contribution is 2.12. The molecule has 0 aliphatic carbocycles. The fourth-order valence-corrected chi connectivity index (χ4v) is 4.83. The SMILES string of the molecule is [2H][Si]([B])(OC[C@@H](CNC(=O)C[C@H](O)CCCCCCC)NC(=O)CCCCCCCCCCCCC)P[3H]. The van der Waals surface area contributed by atoms with Crippen LogP contribution in [0.4, 0.5) is 0 Å². The van der Waals surface area contributed by atoms with Gasteiger partial charge in [0.2, 0.25) is 11.8 Å². The van der Waals surface area contributed by atoms with Crippen molar-refractivity contribution in [3.05, 3.63) is 0 Å². The number of nitrogens with one attached hydrogen (secondary N) is 2. The highest BCUT2D eigenvalue weighted by molar-refractivity contribution is 7.70. The third-order valence-corrected chi connectivity index (χ3v) is 7.33. The molecule has 0 aromatic carbocycles. The summed E-state index contributed by atoms with van der Waals surface area (Å²) in [4.78, 5) is 24.8. The lowest BCUT2D eigenvalue weighted by molar-refractivity contribution is -0.125. The van der Waals surface area contributed by atoms with Gasteiger partial charge in [-0.1, -0.05) is 110 Å². The van der Waals surface area contributed by atoms with Crippen molar-refractivity contribution in [2.75, 3.05) is 13.2 Å². The molecule has 0 aromatic rings. The van der Waals surface area contributed by atoms with Gasteiger partial charge in [0.15, 0.2) is 0 Å². The fourth-order valence-electron chi connectivity index (χ4n) is 4.20. The van der Waals surface area contributed by atoms with Crippen molar-refractivity contribution in [3.63, 3.8) is 0 Å². The van der Waals surface area contributed by atoms with Crippen molar-refractivity contribution in [2.24, 2.45) is 0 Å². The largest absolute Gasteiger partial charge is 0.423 e. The summed E-state index contributed by atoms with van der Waals surface area (Å²) in [6.07, 6.45) is 19.2. The van der Waals surface area contributed by atoms with Crippen LogP contribution in [-0.4, -0.2) is 60.7 Å². The van der Waals surface area contributed by atoms with Crippen LogP contribution in [-0.2, 0) is 14.0 Å². The standard InChI is InChI=1S/C27H56BN2O4PSi/c1-3-5-7-9-10-11-12-13-14-16-18-20-26(32)30-24(23-34-36(28)35)22-29-27(33)21-25(31)19-17-15-8-6-4-2/h24-25,31,36H,3-23,35H2,1-2H3,(H,29,33)(H,30,32)/t24-,25-,36?/m1/s1/i35T,36D/t24-,25-,35?,36?. The van der Waals surface area contributed by atoms with E-state index in [0.29, 0.717) is 12.8 Å². The van der Waals surface area contributed by atoms with Gasteiger partial charge >= 0.3 is 0 Å². The van der Waals surface area contributed by atoms with Gasteiger partial charge in [0.1, 0.15) is 8.51 Å². The van der Waals surface area contributed by atoms with Crippen LogP contribution < -0.4 is 10.6 Å². The second kappa shape index (κ2) is 26.2. The first kappa shape index (κ1) is 31.8. The number of amides is 2. The van der Waals surface area contributed by atoms with Gasteiger partial charge in [0, 0.05) is 14.2 Å². The summed E-state index contributed by atoms with van der Waals surface area (Å²) in [5, 5.41) is 15.8. The first-order valence-electron chi connectivity index (χ1n) is 15.6. The molecule has 0 saturated heterocycles. The summed E-state index contributed by atoms with van der Waals surface area (Å²) in [7, 11) is 1.88. The zero-order chi connectivity index (χ0) is 28.5. The maximum atomic E-state index is 12.5. The number of hydrogen-bond donors (Lipinski definition) is 3. The lowest BCUT2D eigenvalue weighted by atomic mass is 10.1. The first-order chi connectivity index (χ1) is 18.2. The number of aliphatic hydroxyl groups excluding tert-OH is 1. The van der Waals surface area contributed by atoms with Gasteiger partial charge in [-0.05, 0) is 12.8 Å². The highest BCUT2D eigenvalue weighted by Gasteiger charge is 2.16. The van der Waals surface area contributed by atoms with Crippen molar-refractivity contribution in [3.8, 4) is 0 Å². The van der Waals surface area contributed by atoms with Crippen LogP contribution in [0.3, 0.4) is 0 Å². The van der Waals surface area contributed by atoms with Crippen molar-refractivity contribution < 1.29 is 19.1 Å². The molecular weight excluding hydrogens is 486 g/mol. The number of rotatable bonds is 27. The van der Waals surface area contributed by atoms with Gasteiger partial charge < -0.3 is 20.2 Å². The quantitative estimate of drug-likeness (QED) is 0.0755. The molecule has 2 radical (unpaired) electrons. The van der Waals surface area contributed by atoms with Crippen molar-refractivity contribution >= 4 is 36.5 Å². The second-order valence-corrected chi connectivity index (χ2v) is 12.6. The summed E-state index contributed by atoms with van der Waals surface area (Å²) in [5.41, 5.74) is 0. The van der Waals surface area contributed by atoms with Crippen molar-refractivity contribution in [2.45, 2.75) is 148 Å². The Bertz CT molecular complexity index is 597. The normalized spacial score (nSPS) is 15.8. The van der Waals surface area contributed by atoms with Gasteiger partial charge in [-0.25, -0.2) is 0 Å². The zero-order valence-electron chi connectivity index (χ0n) is 25.3. The Balaban J connectivity index is 4.27. The summed E-state index contributed by atoms with van der Waals surface area (Å²) in [5.74, 6) is -0.390. The number of hydrogen-bond acceptors (Lipinski definition) is 4. The van der Waals surface area contributed by atoms with Gasteiger partial charge in [-0.3, -0.25) is 9.59 Å².